The molecular formula is C15H19N3O2. The molecule has 1 spiro atoms. The zero-order valence-corrected chi connectivity index (χ0v) is 11.4. The molecular weight excluding hydrogens is 254 g/mol. The quantitative estimate of drug-likeness (QED) is 0.813. The predicted molar refractivity (Wildman–Crippen MR) is 74.8 cm³/mol. The first-order valence-electron chi connectivity index (χ1n) is 7.06. The minimum absolute atomic E-state index is 0.000381. The van der Waals surface area contributed by atoms with Gasteiger partial charge in [-0.25, -0.2) is 0 Å². The average molecular weight is 273 g/mol. The van der Waals surface area contributed by atoms with Crippen LogP contribution in [0.25, 0.3) is 0 Å². The highest BCUT2D eigenvalue weighted by atomic mass is 16.2. The Labute approximate surface area is 118 Å². The van der Waals surface area contributed by atoms with Gasteiger partial charge in [0.25, 0.3) is 0 Å². The summed E-state index contributed by atoms with van der Waals surface area (Å²) in [5.74, 6) is 0.0249. The van der Waals surface area contributed by atoms with Crippen molar-refractivity contribution in [2.45, 2.75) is 24.8 Å². The van der Waals surface area contributed by atoms with Gasteiger partial charge in [-0.05, 0) is 31.5 Å². The van der Waals surface area contributed by atoms with Crippen LogP contribution in [0.2, 0.25) is 0 Å². The number of amides is 2. The monoisotopic (exact) mass is 273 g/mol. The highest BCUT2D eigenvalue weighted by molar-refractivity contribution is 5.95. The number of benzene rings is 1. The van der Waals surface area contributed by atoms with Crippen molar-refractivity contribution in [3.63, 3.8) is 0 Å². The zero-order chi connectivity index (χ0) is 14.0. The Hall–Kier alpha value is -1.88. The molecule has 2 fully saturated rings. The molecule has 1 aromatic rings. The molecule has 5 heteroatoms. The van der Waals surface area contributed by atoms with Crippen LogP contribution in [0.1, 0.15) is 18.4 Å². The molecule has 0 atom stereocenters. The van der Waals surface area contributed by atoms with Gasteiger partial charge in [0.2, 0.25) is 11.8 Å². The molecule has 1 aromatic carbocycles. The van der Waals surface area contributed by atoms with Gasteiger partial charge in [0.15, 0.2) is 0 Å². The number of nitrogens with zero attached hydrogens (tertiary/aromatic N) is 1. The van der Waals surface area contributed by atoms with E-state index in [2.05, 4.69) is 10.6 Å². The Morgan fingerprint density at radius 2 is 1.90 bits per heavy atom. The molecule has 20 heavy (non-hydrogen) atoms. The van der Waals surface area contributed by atoms with Gasteiger partial charge in [0.05, 0.1) is 13.1 Å². The summed E-state index contributed by atoms with van der Waals surface area (Å²) in [5.41, 5.74) is 0.359. The van der Waals surface area contributed by atoms with Crippen LogP contribution >= 0.6 is 0 Å². The molecule has 3 rings (SSSR count). The maximum absolute atomic E-state index is 12.5. The van der Waals surface area contributed by atoms with Gasteiger partial charge in [-0.2, -0.15) is 0 Å². The smallest absolute Gasteiger partial charge is 0.247 e. The summed E-state index contributed by atoms with van der Waals surface area (Å²) < 4.78 is 0. The van der Waals surface area contributed by atoms with E-state index in [1.807, 2.05) is 30.3 Å². The van der Waals surface area contributed by atoms with Crippen molar-refractivity contribution in [2.24, 2.45) is 0 Å². The second-order valence-electron chi connectivity index (χ2n) is 5.43. The summed E-state index contributed by atoms with van der Waals surface area (Å²) in [4.78, 5) is 26.5. The van der Waals surface area contributed by atoms with Crippen LogP contribution in [0.5, 0.6) is 0 Å². The number of hydrogen-bond acceptors (Lipinski definition) is 3. The van der Waals surface area contributed by atoms with E-state index in [-0.39, 0.29) is 11.8 Å². The lowest BCUT2D eigenvalue weighted by atomic mass is 9.86. The minimum atomic E-state index is -0.628. The molecule has 0 radical (unpaired) electrons. The molecule has 0 saturated carbocycles. The van der Waals surface area contributed by atoms with Gasteiger partial charge in [-0.3, -0.25) is 9.59 Å². The van der Waals surface area contributed by atoms with Crippen molar-refractivity contribution < 1.29 is 9.59 Å². The van der Waals surface area contributed by atoms with E-state index in [4.69, 9.17) is 0 Å². The van der Waals surface area contributed by atoms with Crippen LogP contribution in [0, 0.1) is 0 Å². The molecule has 0 bridgehead atoms. The molecule has 2 amide bonds. The van der Waals surface area contributed by atoms with Crippen molar-refractivity contribution in [3.8, 4) is 0 Å². The van der Waals surface area contributed by atoms with Gasteiger partial charge in [-0.1, -0.05) is 30.3 Å². The maximum atomic E-state index is 12.5. The van der Waals surface area contributed by atoms with E-state index in [0.717, 1.165) is 18.7 Å². The number of carbonyl (C=O) groups is 2. The first-order valence-corrected chi connectivity index (χ1v) is 7.06. The second-order valence-corrected chi connectivity index (χ2v) is 5.43. The molecule has 2 N–H and O–H groups in total. The summed E-state index contributed by atoms with van der Waals surface area (Å²) in [6.45, 7) is 1.90. The normalized spacial score (nSPS) is 21.0. The SMILES string of the molecule is O=C(Cc1ccccc1)N1CNC(=O)C12CCNCC2. The lowest BCUT2D eigenvalue weighted by Crippen LogP contribution is -2.57. The summed E-state index contributed by atoms with van der Waals surface area (Å²) in [7, 11) is 0. The van der Waals surface area contributed by atoms with Crippen LogP contribution in [-0.4, -0.2) is 42.0 Å². The van der Waals surface area contributed by atoms with E-state index >= 15 is 0 Å². The third-order valence-electron chi connectivity index (χ3n) is 4.27. The fraction of sp³-hybridized carbons (Fsp3) is 0.467. The molecule has 5 nitrogen and oxygen atoms in total. The highest BCUT2D eigenvalue weighted by Crippen LogP contribution is 2.30. The summed E-state index contributed by atoms with van der Waals surface area (Å²) in [5, 5.41) is 6.08. The molecule has 2 saturated heterocycles. The third kappa shape index (κ3) is 2.18. The van der Waals surface area contributed by atoms with E-state index in [1.54, 1.807) is 4.90 Å². The maximum Gasteiger partial charge on any atom is 0.247 e. The van der Waals surface area contributed by atoms with E-state index < -0.39 is 5.54 Å². The fourth-order valence-corrected chi connectivity index (χ4v) is 3.12. The lowest BCUT2D eigenvalue weighted by Gasteiger charge is -2.38. The van der Waals surface area contributed by atoms with E-state index in [0.29, 0.717) is 25.9 Å². The molecule has 2 aliphatic heterocycles. The highest BCUT2D eigenvalue weighted by Gasteiger charge is 2.50. The molecule has 0 aliphatic carbocycles. The Bertz CT molecular complexity index is 509. The van der Waals surface area contributed by atoms with Gasteiger partial charge in [-0.15, -0.1) is 0 Å². The Kier molecular flexibility index (Phi) is 3.44. The van der Waals surface area contributed by atoms with Gasteiger partial charge >= 0.3 is 0 Å². The van der Waals surface area contributed by atoms with Crippen LogP contribution in [0.15, 0.2) is 30.3 Å². The number of hydrogen-bond donors (Lipinski definition) is 2. The summed E-state index contributed by atoms with van der Waals surface area (Å²) in [6, 6.07) is 9.67. The number of piperidine rings is 1. The number of rotatable bonds is 2. The summed E-state index contributed by atoms with van der Waals surface area (Å²) in [6.07, 6.45) is 1.74. The third-order valence-corrected chi connectivity index (χ3v) is 4.27. The predicted octanol–water partition coefficient (Wildman–Crippen LogP) is 0.267. The Balaban J connectivity index is 1.78. The van der Waals surface area contributed by atoms with Crippen molar-refractivity contribution in [3.05, 3.63) is 35.9 Å². The van der Waals surface area contributed by atoms with E-state index in [9.17, 15) is 9.59 Å². The zero-order valence-electron chi connectivity index (χ0n) is 11.4. The molecule has 0 unspecified atom stereocenters. The first-order chi connectivity index (χ1) is 9.72. The summed E-state index contributed by atoms with van der Waals surface area (Å²) >= 11 is 0. The van der Waals surface area contributed by atoms with Gasteiger partial charge < -0.3 is 15.5 Å². The number of carbonyl (C=O) groups excluding carboxylic acids is 2. The molecule has 2 aliphatic rings. The fourth-order valence-electron chi connectivity index (χ4n) is 3.12. The minimum Gasteiger partial charge on any atom is -0.336 e. The van der Waals surface area contributed by atoms with Crippen molar-refractivity contribution in [1.82, 2.24) is 15.5 Å². The largest absolute Gasteiger partial charge is 0.336 e. The Morgan fingerprint density at radius 3 is 2.60 bits per heavy atom. The van der Waals surface area contributed by atoms with Crippen LogP contribution < -0.4 is 10.6 Å². The average Bonchev–Trinajstić information content (AvgIpc) is 2.78. The van der Waals surface area contributed by atoms with Crippen molar-refractivity contribution in [1.29, 1.82) is 0 Å². The standard InChI is InChI=1S/C15H19N3O2/c19-13(10-12-4-2-1-3-5-12)18-11-17-14(20)15(18)6-8-16-9-7-15/h1-5,16H,6-11H2,(H,17,20). The van der Waals surface area contributed by atoms with Crippen LogP contribution in [-0.2, 0) is 16.0 Å². The Morgan fingerprint density at radius 1 is 1.20 bits per heavy atom. The van der Waals surface area contributed by atoms with Gasteiger partial charge in [0.1, 0.15) is 5.54 Å². The van der Waals surface area contributed by atoms with Crippen LogP contribution in [0.4, 0.5) is 0 Å². The van der Waals surface area contributed by atoms with Gasteiger partial charge in [0, 0.05) is 0 Å². The number of nitrogens with one attached hydrogen (secondary N) is 2. The lowest BCUT2D eigenvalue weighted by molar-refractivity contribution is -0.141. The van der Waals surface area contributed by atoms with Crippen molar-refractivity contribution in [2.75, 3.05) is 19.8 Å². The first kappa shape index (κ1) is 13.1. The molecule has 0 aromatic heterocycles. The topological polar surface area (TPSA) is 61.4 Å². The second kappa shape index (κ2) is 5.25. The molecule has 2 heterocycles. The molecule has 106 valence electrons. The van der Waals surface area contributed by atoms with Crippen LogP contribution in [0.3, 0.4) is 0 Å². The van der Waals surface area contributed by atoms with Crippen molar-refractivity contribution >= 4 is 11.8 Å². The van der Waals surface area contributed by atoms with E-state index in [1.165, 1.54) is 0 Å².